The van der Waals surface area contributed by atoms with Crippen molar-refractivity contribution < 1.29 is 19.0 Å². The summed E-state index contributed by atoms with van der Waals surface area (Å²) in [4.78, 5) is 13.1. The Bertz CT molecular complexity index is 1050. The second kappa shape index (κ2) is 8.76. The van der Waals surface area contributed by atoms with Crippen LogP contribution < -0.4 is 0 Å². The number of hydrogen-bond donors (Lipinski definition) is 0. The summed E-state index contributed by atoms with van der Waals surface area (Å²) in [5.41, 5.74) is 2.18. The molecule has 0 N–H and O–H groups in total. The number of rotatable bonds is 6. The summed E-state index contributed by atoms with van der Waals surface area (Å²) in [6.45, 7) is 0.163. The molecular formula is C25H25ClO4. The molecule has 4 rings (SSSR count). The van der Waals surface area contributed by atoms with Crippen LogP contribution in [0.2, 0.25) is 5.02 Å². The highest BCUT2D eigenvalue weighted by Gasteiger charge is 2.46. The Labute approximate surface area is 181 Å². The summed E-state index contributed by atoms with van der Waals surface area (Å²) in [6, 6.07) is 19.3. The molecule has 1 aliphatic rings. The monoisotopic (exact) mass is 424 g/mol. The number of fused-ring (bicyclic) bond motifs is 2. The highest BCUT2D eigenvalue weighted by atomic mass is 35.5. The van der Waals surface area contributed by atoms with Gasteiger partial charge in [0, 0.05) is 19.2 Å². The van der Waals surface area contributed by atoms with Gasteiger partial charge in [-0.05, 0) is 59.4 Å². The number of carbonyl (C=O) groups is 1. The van der Waals surface area contributed by atoms with Crippen LogP contribution in [0.1, 0.15) is 34.3 Å². The number of ether oxygens (including phenoxy) is 3. The van der Waals surface area contributed by atoms with Crippen molar-refractivity contribution in [3.8, 4) is 0 Å². The Morgan fingerprint density at radius 3 is 2.63 bits per heavy atom. The van der Waals surface area contributed by atoms with Crippen LogP contribution in [0.4, 0.5) is 0 Å². The van der Waals surface area contributed by atoms with E-state index in [4.69, 9.17) is 25.8 Å². The molecule has 0 aliphatic heterocycles. The highest BCUT2D eigenvalue weighted by Crippen LogP contribution is 2.42. The lowest BCUT2D eigenvalue weighted by atomic mass is 9.69. The van der Waals surface area contributed by atoms with Crippen LogP contribution >= 0.6 is 11.6 Å². The lowest BCUT2D eigenvalue weighted by molar-refractivity contribution is -0.164. The standard InChI is InChI=1S/C25H25ClO4/c1-28-24(29-2)25(14-6-9-18-15-19(26)12-13-22(18)25)16-30-23(27)21-11-5-8-17-7-3-4-10-20(17)21/h3-5,7-8,10-13,15,24H,6,9,14,16H2,1-2H3/t25-/m0/s1. The summed E-state index contributed by atoms with van der Waals surface area (Å²) >= 11 is 6.23. The van der Waals surface area contributed by atoms with Crippen molar-refractivity contribution >= 4 is 28.3 Å². The van der Waals surface area contributed by atoms with Gasteiger partial charge in [-0.2, -0.15) is 0 Å². The molecule has 0 amide bonds. The number of esters is 1. The first-order valence-corrected chi connectivity index (χ1v) is 10.5. The average Bonchev–Trinajstić information content (AvgIpc) is 2.77. The fourth-order valence-corrected chi connectivity index (χ4v) is 4.86. The van der Waals surface area contributed by atoms with E-state index >= 15 is 0 Å². The molecule has 0 unspecified atom stereocenters. The van der Waals surface area contributed by atoms with Gasteiger partial charge in [0.05, 0.1) is 11.0 Å². The Hall–Kier alpha value is -2.40. The molecule has 0 radical (unpaired) electrons. The molecule has 0 saturated heterocycles. The van der Waals surface area contributed by atoms with E-state index in [0.717, 1.165) is 41.2 Å². The molecule has 5 heteroatoms. The van der Waals surface area contributed by atoms with E-state index in [0.29, 0.717) is 10.6 Å². The SMILES string of the molecule is COC(OC)[C@]1(COC(=O)c2cccc3ccccc23)CCCc2cc(Cl)ccc21. The van der Waals surface area contributed by atoms with Crippen molar-refractivity contribution in [1.29, 1.82) is 0 Å². The smallest absolute Gasteiger partial charge is 0.338 e. The molecular weight excluding hydrogens is 400 g/mol. The lowest BCUT2D eigenvalue weighted by Gasteiger charge is -2.42. The predicted octanol–water partition coefficient (Wildman–Crippen LogP) is 5.54. The zero-order valence-electron chi connectivity index (χ0n) is 17.2. The van der Waals surface area contributed by atoms with E-state index < -0.39 is 11.7 Å². The Balaban J connectivity index is 1.68. The Morgan fingerprint density at radius 1 is 1.07 bits per heavy atom. The first-order valence-electron chi connectivity index (χ1n) is 10.1. The van der Waals surface area contributed by atoms with Crippen molar-refractivity contribution in [2.75, 3.05) is 20.8 Å². The maximum atomic E-state index is 13.1. The van der Waals surface area contributed by atoms with Crippen LogP contribution in [0.3, 0.4) is 0 Å². The molecule has 0 bridgehead atoms. The van der Waals surface area contributed by atoms with Gasteiger partial charge in [-0.1, -0.05) is 54.1 Å². The fraction of sp³-hybridized carbons (Fsp3) is 0.320. The minimum Gasteiger partial charge on any atom is -0.461 e. The number of hydrogen-bond acceptors (Lipinski definition) is 4. The zero-order chi connectivity index (χ0) is 21.1. The second-order valence-electron chi connectivity index (χ2n) is 7.72. The van der Waals surface area contributed by atoms with Gasteiger partial charge in [-0.15, -0.1) is 0 Å². The van der Waals surface area contributed by atoms with Crippen LogP contribution in [0, 0.1) is 0 Å². The maximum Gasteiger partial charge on any atom is 0.338 e. The van der Waals surface area contributed by atoms with Crippen LogP contribution in [0.5, 0.6) is 0 Å². The van der Waals surface area contributed by atoms with Crippen LogP contribution in [0.25, 0.3) is 10.8 Å². The molecule has 0 aromatic heterocycles. The molecule has 0 heterocycles. The van der Waals surface area contributed by atoms with Crippen LogP contribution in [-0.2, 0) is 26.0 Å². The first-order chi connectivity index (χ1) is 14.6. The van der Waals surface area contributed by atoms with Gasteiger partial charge in [0.2, 0.25) is 0 Å². The zero-order valence-corrected chi connectivity index (χ0v) is 17.9. The topological polar surface area (TPSA) is 44.8 Å². The van der Waals surface area contributed by atoms with Gasteiger partial charge in [0.15, 0.2) is 6.29 Å². The van der Waals surface area contributed by atoms with E-state index in [-0.39, 0.29) is 12.6 Å². The van der Waals surface area contributed by atoms with E-state index in [1.54, 1.807) is 20.3 Å². The molecule has 4 nitrogen and oxygen atoms in total. The minimum absolute atomic E-state index is 0.163. The molecule has 30 heavy (non-hydrogen) atoms. The van der Waals surface area contributed by atoms with Gasteiger partial charge < -0.3 is 14.2 Å². The number of methoxy groups -OCH3 is 2. The number of benzene rings is 3. The van der Waals surface area contributed by atoms with E-state index in [2.05, 4.69) is 0 Å². The second-order valence-corrected chi connectivity index (χ2v) is 8.15. The minimum atomic E-state index is -0.595. The molecule has 3 aromatic carbocycles. The van der Waals surface area contributed by atoms with Gasteiger partial charge >= 0.3 is 5.97 Å². The summed E-state index contributed by atoms with van der Waals surface area (Å²) < 4.78 is 17.3. The van der Waals surface area contributed by atoms with Crippen molar-refractivity contribution in [1.82, 2.24) is 0 Å². The summed E-state index contributed by atoms with van der Waals surface area (Å²) in [6.07, 6.45) is 2.10. The van der Waals surface area contributed by atoms with Crippen molar-refractivity contribution in [3.63, 3.8) is 0 Å². The lowest BCUT2D eigenvalue weighted by Crippen LogP contribution is -2.48. The number of aryl methyl sites for hydroxylation is 1. The fourth-order valence-electron chi connectivity index (χ4n) is 4.67. The molecule has 3 aromatic rings. The average molecular weight is 425 g/mol. The van der Waals surface area contributed by atoms with E-state index in [1.807, 2.05) is 54.6 Å². The third-order valence-electron chi connectivity index (χ3n) is 6.02. The first kappa shape index (κ1) is 20.9. The van der Waals surface area contributed by atoms with Crippen LogP contribution in [0.15, 0.2) is 60.7 Å². The third kappa shape index (κ3) is 3.71. The normalized spacial score (nSPS) is 18.4. The maximum absolute atomic E-state index is 13.1. The predicted molar refractivity (Wildman–Crippen MR) is 118 cm³/mol. The van der Waals surface area contributed by atoms with Crippen molar-refractivity contribution in [2.24, 2.45) is 0 Å². The Kier molecular flexibility index (Phi) is 6.09. The quantitative estimate of drug-likeness (QED) is 0.384. The molecule has 0 spiro atoms. The van der Waals surface area contributed by atoms with Gasteiger partial charge in [-0.25, -0.2) is 4.79 Å². The van der Waals surface area contributed by atoms with E-state index in [9.17, 15) is 4.79 Å². The molecule has 1 aliphatic carbocycles. The van der Waals surface area contributed by atoms with Gasteiger partial charge in [0.25, 0.3) is 0 Å². The van der Waals surface area contributed by atoms with Crippen LogP contribution in [-0.4, -0.2) is 33.1 Å². The summed E-state index contributed by atoms with van der Waals surface area (Å²) in [7, 11) is 3.24. The van der Waals surface area contributed by atoms with Crippen molar-refractivity contribution in [2.45, 2.75) is 31.0 Å². The highest BCUT2D eigenvalue weighted by molar-refractivity contribution is 6.30. The number of carbonyl (C=O) groups excluding carboxylic acids is 1. The molecule has 0 saturated carbocycles. The summed E-state index contributed by atoms with van der Waals surface area (Å²) in [5, 5.41) is 2.58. The van der Waals surface area contributed by atoms with Crippen molar-refractivity contribution in [3.05, 3.63) is 82.4 Å². The molecule has 156 valence electrons. The van der Waals surface area contributed by atoms with Gasteiger partial charge in [-0.3, -0.25) is 0 Å². The molecule has 1 atom stereocenters. The Morgan fingerprint density at radius 2 is 1.83 bits per heavy atom. The third-order valence-corrected chi connectivity index (χ3v) is 6.26. The number of halogens is 1. The molecule has 0 fully saturated rings. The van der Waals surface area contributed by atoms with E-state index in [1.165, 1.54) is 0 Å². The largest absolute Gasteiger partial charge is 0.461 e. The van der Waals surface area contributed by atoms with Gasteiger partial charge in [0.1, 0.15) is 6.61 Å². The summed E-state index contributed by atoms with van der Waals surface area (Å²) in [5.74, 6) is -0.349.